The normalized spacial score (nSPS) is 15.4. The molecule has 0 saturated heterocycles. The van der Waals surface area contributed by atoms with E-state index >= 15 is 0 Å². The van der Waals surface area contributed by atoms with Crippen molar-refractivity contribution in [2.75, 3.05) is 14.1 Å². The predicted molar refractivity (Wildman–Crippen MR) is 61.3 cm³/mol. The second-order valence-corrected chi connectivity index (χ2v) is 3.83. The van der Waals surface area contributed by atoms with E-state index in [9.17, 15) is 5.11 Å². The molecule has 0 radical (unpaired) electrons. The third-order valence-corrected chi connectivity index (χ3v) is 2.67. The van der Waals surface area contributed by atoms with E-state index in [1.807, 2.05) is 7.05 Å². The molecule has 0 rings (SSSR count). The average molecular weight is 202 g/mol. The second-order valence-electron chi connectivity index (χ2n) is 3.83. The summed E-state index contributed by atoms with van der Waals surface area (Å²) in [6, 6.07) is 0.182. The first kappa shape index (κ1) is 13.9. The highest BCUT2D eigenvalue weighted by Crippen LogP contribution is 2.08. The van der Waals surface area contributed by atoms with E-state index in [2.05, 4.69) is 17.6 Å². The SMILES string of the molecule is CCCCCCC[C@H](NC)C(O)NC. The topological polar surface area (TPSA) is 44.3 Å². The van der Waals surface area contributed by atoms with Gasteiger partial charge in [0.05, 0.1) is 0 Å². The molecule has 3 nitrogen and oxygen atoms in total. The van der Waals surface area contributed by atoms with Gasteiger partial charge in [-0.25, -0.2) is 0 Å². The molecule has 14 heavy (non-hydrogen) atoms. The molecule has 2 atom stereocenters. The molecule has 0 amide bonds. The summed E-state index contributed by atoms with van der Waals surface area (Å²) in [4.78, 5) is 0. The highest BCUT2D eigenvalue weighted by Gasteiger charge is 2.13. The standard InChI is InChI=1S/C11H26N2O/c1-4-5-6-7-8-9-10(12-2)11(14)13-3/h10-14H,4-9H2,1-3H3/t10-,11?/m0/s1. The van der Waals surface area contributed by atoms with Gasteiger partial charge in [-0.3, -0.25) is 5.32 Å². The minimum absolute atomic E-state index is 0.182. The summed E-state index contributed by atoms with van der Waals surface area (Å²) in [5.41, 5.74) is 0. The molecule has 0 saturated carbocycles. The Kier molecular flexibility index (Phi) is 9.35. The lowest BCUT2D eigenvalue weighted by molar-refractivity contribution is 0.0999. The number of likely N-dealkylation sites (N-methyl/N-ethyl adjacent to an activating group) is 2. The van der Waals surface area contributed by atoms with Crippen LogP contribution < -0.4 is 10.6 Å². The fourth-order valence-electron chi connectivity index (χ4n) is 1.63. The Morgan fingerprint density at radius 1 is 1.00 bits per heavy atom. The highest BCUT2D eigenvalue weighted by molar-refractivity contribution is 4.70. The van der Waals surface area contributed by atoms with E-state index in [1.165, 1.54) is 32.1 Å². The van der Waals surface area contributed by atoms with E-state index in [0.717, 1.165) is 6.42 Å². The summed E-state index contributed by atoms with van der Waals surface area (Å²) in [5, 5.41) is 15.5. The van der Waals surface area contributed by atoms with Crippen molar-refractivity contribution < 1.29 is 5.11 Å². The van der Waals surface area contributed by atoms with Gasteiger partial charge in [0.1, 0.15) is 6.23 Å². The van der Waals surface area contributed by atoms with Crippen molar-refractivity contribution in [3.63, 3.8) is 0 Å². The maximum Gasteiger partial charge on any atom is 0.120 e. The van der Waals surface area contributed by atoms with Crippen LogP contribution in [0, 0.1) is 0 Å². The van der Waals surface area contributed by atoms with Crippen molar-refractivity contribution in [1.82, 2.24) is 10.6 Å². The van der Waals surface area contributed by atoms with Crippen LogP contribution in [0.15, 0.2) is 0 Å². The molecule has 0 aliphatic heterocycles. The van der Waals surface area contributed by atoms with Crippen molar-refractivity contribution in [3.05, 3.63) is 0 Å². The first-order valence-electron chi connectivity index (χ1n) is 5.78. The summed E-state index contributed by atoms with van der Waals surface area (Å²) >= 11 is 0. The Labute approximate surface area is 88.3 Å². The molecule has 3 heteroatoms. The molecule has 3 N–H and O–H groups in total. The zero-order valence-corrected chi connectivity index (χ0v) is 9.84. The maximum absolute atomic E-state index is 9.55. The molecule has 0 spiro atoms. The lowest BCUT2D eigenvalue weighted by Gasteiger charge is -2.21. The molecule has 0 bridgehead atoms. The lowest BCUT2D eigenvalue weighted by Crippen LogP contribution is -2.45. The number of hydrogen-bond acceptors (Lipinski definition) is 3. The van der Waals surface area contributed by atoms with Gasteiger partial charge >= 0.3 is 0 Å². The molecule has 0 fully saturated rings. The van der Waals surface area contributed by atoms with Crippen molar-refractivity contribution in [2.24, 2.45) is 0 Å². The summed E-state index contributed by atoms with van der Waals surface area (Å²) in [7, 11) is 3.68. The largest absolute Gasteiger partial charge is 0.377 e. The Balaban J connectivity index is 3.42. The predicted octanol–water partition coefficient (Wildman–Crippen LogP) is 1.47. The van der Waals surface area contributed by atoms with Gasteiger partial charge in [-0.2, -0.15) is 0 Å². The zero-order valence-electron chi connectivity index (χ0n) is 9.84. The van der Waals surface area contributed by atoms with Crippen LogP contribution in [0.1, 0.15) is 45.4 Å². The highest BCUT2D eigenvalue weighted by atomic mass is 16.3. The third-order valence-electron chi connectivity index (χ3n) is 2.67. The molecule has 0 heterocycles. The van der Waals surface area contributed by atoms with Crippen molar-refractivity contribution in [2.45, 2.75) is 57.7 Å². The molecular formula is C11H26N2O. The quantitative estimate of drug-likeness (QED) is 0.392. The summed E-state index contributed by atoms with van der Waals surface area (Å²) < 4.78 is 0. The van der Waals surface area contributed by atoms with E-state index < -0.39 is 6.23 Å². The van der Waals surface area contributed by atoms with Gasteiger partial charge in [0, 0.05) is 6.04 Å². The molecule has 0 aliphatic carbocycles. The van der Waals surface area contributed by atoms with Crippen molar-refractivity contribution in [1.29, 1.82) is 0 Å². The van der Waals surface area contributed by atoms with E-state index in [0.29, 0.717) is 0 Å². The molecule has 0 aliphatic rings. The van der Waals surface area contributed by atoms with Crippen LogP contribution in [0.4, 0.5) is 0 Å². The van der Waals surface area contributed by atoms with Crippen LogP contribution in [0.2, 0.25) is 0 Å². The smallest absolute Gasteiger partial charge is 0.120 e. The summed E-state index contributed by atoms with van der Waals surface area (Å²) in [5.74, 6) is 0. The van der Waals surface area contributed by atoms with Gasteiger partial charge in [-0.1, -0.05) is 39.0 Å². The summed E-state index contributed by atoms with van der Waals surface area (Å²) in [6.45, 7) is 2.22. The van der Waals surface area contributed by atoms with Gasteiger partial charge in [-0.15, -0.1) is 0 Å². The first-order chi connectivity index (χ1) is 6.76. The van der Waals surface area contributed by atoms with Crippen molar-refractivity contribution in [3.8, 4) is 0 Å². The van der Waals surface area contributed by atoms with Crippen LogP contribution in [-0.4, -0.2) is 31.5 Å². The molecule has 1 unspecified atom stereocenters. The monoisotopic (exact) mass is 202 g/mol. The lowest BCUT2D eigenvalue weighted by atomic mass is 10.1. The first-order valence-corrected chi connectivity index (χ1v) is 5.78. The number of aliphatic hydroxyl groups excluding tert-OH is 1. The number of rotatable bonds is 9. The third kappa shape index (κ3) is 6.35. The van der Waals surface area contributed by atoms with Crippen LogP contribution >= 0.6 is 0 Å². The van der Waals surface area contributed by atoms with E-state index in [1.54, 1.807) is 7.05 Å². The Morgan fingerprint density at radius 3 is 2.14 bits per heavy atom. The molecule has 0 aromatic carbocycles. The van der Waals surface area contributed by atoms with Crippen molar-refractivity contribution >= 4 is 0 Å². The number of nitrogens with one attached hydrogen (secondary N) is 2. The fourth-order valence-corrected chi connectivity index (χ4v) is 1.63. The summed E-state index contributed by atoms with van der Waals surface area (Å²) in [6.07, 6.45) is 7.04. The number of hydrogen-bond donors (Lipinski definition) is 3. The molecule has 0 aromatic rings. The minimum Gasteiger partial charge on any atom is -0.377 e. The van der Waals surface area contributed by atoms with Crippen LogP contribution in [0.5, 0.6) is 0 Å². The molecule has 86 valence electrons. The van der Waals surface area contributed by atoms with E-state index in [4.69, 9.17) is 0 Å². The van der Waals surface area contributed by atoms with Gasteiger partial charge in [-0.05, 0) is 20.5 Å². The Hall–Kier alpha value is -0.120. The molecular weight excluding hydrogens is 176 g/mol. The second kappa shape index (κ2) is 9.44. The Bertz CT molecular complexity index is 120. The number of aliphatic hydroxyl groups is 1. The van der Waals surface area contributed by atoms with Crippen LogP contribution in [-0.2, 0) is 0 Å². The average Bonchev–Trinajstić information content (AvgIpc) is 2.22. The van der Waals surface area contributed by atoms with Gasteiger partial charge in [0.2, 0.25) is 0 Å². The fraction of sp³-hybridized carbons (Fsp3) is 1.00. The van der Waals surface area contributed by atoms with Gasteiger partial charge < -0.3 is 10.4 Å². The van der Waals surface area contributed by atoms with Crippen LogP contribution in [0.25, 0.3) is 0 Å². The van der Waals surface area contributed by atoms with Crippen LogP contribution in [0.3, 0.4) is 0 Å². The van der Waals surface area contributed by atoms with Gasteiger partial charge in [0.15, 0.2) is 0 Å². The number of unbranched alkanes of at least 4 members (excludes halogenated alkanes) is 4. The minimum atomic E-state index is -0.425. The molecule has 0 aromatic heterocycles. The van der Waals surface area contributed by atoms with E-state index in [-0.39, 0.29) is 6.04 Å². The Morgan fingerprint density at radius 2 is 1.64 bits per heavy atom. The maximum atomic E-state index is 9.55. The van der Waals surface area contributed by atoms with Gasteiger partial charge in [0.25, 0.3) is 0 Å². The zero-order chi connectivity index (χ0) is 10.8.